The molecule has 0 aromatic heterocycles. The molecule has 32 heavy (non-hydrogen) atoms. The normalized spacial score (nSPS) is 15.5. The quantitative estimate of drug-likeness (QED) is 0.438. The molecule has 0 unspecified atom stereocenters. The fraction of sp³-hybridized carbons (Fsp3) is 0.440. The molecule has 3 rings (SSSR count). The molecule has 1 saturated heterocycles. The number of rotatable bonds is 10. The molecule has 7 heteroatoms. The molecule has 1 aliphatic heterocycles. The third-order valence-electron chi connectivity index (χ3n) is 5.61. The molecule has 172 valence electrons. The number of nitrogens with two attached hydrogens (primary N) is 1. The van der Waals surface area contributed by atoms with E-state index in [0.29, 0.717) is 23.9 Å². The maximum Gasteiger partial charge on any atom is 0.126 e. The summed E-state index contributed by atoms with van der Waals surface area (Å²) in [4.78, 5) is 7.26. The number of piperidine rings is 1. The molecule has 0 amide bonds. The first-order valence-corrected chi connectivity index (χ1v) is 11.1. The topological polar surface area (TPSA) is 93.2 Å². The highest BCUT2D eigenvalue weighted by atomic mass is 16.5. The van der Waals surface area contributed by atoms with Gasteiger partial charge in [0.25, 0.3) is 0 Å². The molecule has 2 aromatic carbocycles. The molecule has 3 N–H and O–H groups in total. The van der Waals surface area contributed by atoms with Gasteiger partial charge >= 0.3 is 0 Å². The molecule has 1 heterocycles. The lowest BCUT2D eigenvalue weighted by Crippen LogP contribution is -2.35. The number of amidine groups is 1. The molecule has 2 aromatic rings. The van der Waals surface area contributed by atoms with Gasteiger partial charge in [0.05, 0.1) is 32.1 Å². The standard InChI is InChI=1S/C25H34N4O3/c1-4-32-21-7-5-6-18(14-21)16-29-12-10-19(11-13-29)28-25(27)23-15-20(31-3)8-9-22(23)24(26)17-30-2/h5-9,14-15,19,26H,4,10-13,16-17H2,1-3H3,(H2,27,28). The molecule has 1 fully saturated rings. The average Bonchev–Trinajstić information content (AvgIpc) is 2.80. The van der Waals surface area contributed by atoms with Crippen molar-refractivity contribution in [2.45, 2.75) is 32.4 Å². The van der Waals surface area contributed by atoms with Gasteiger partial charge < -0.3 is 25.4 Å². The van der Waals surface area contributed by atoms with Crippen LogP contribution in [-0.2, 0) is 11.3 Å². The second kappa shape index (κ2) is 11.6. The number of benzene rings is 2. The number of hydrogen-bond acceptors (Lipinski definition) is 6. The van der Waals surface area contributed by atoms with Crippen LogP contribution < -0.4 is 15.2 Å². The zero-order valence-corrected chi connectivity index (χ0v) is 19.3. The van der Waals surface area contributed by atoms with E-state index in [4.69, 9.17) is 30.3 Å². The molecule has 7 nitrogen and oxygen atoms in total. The zero-order valence-electron chi connectivity index (χ0n) is 19.3. The minimum Gasteiger partial charge on any atom is -0.497 e. The lowest BCUT2D eigenvalue weighted by Gasteiger charge is -2.30. The number of nitrogens with one attached hydrogen (secondary N) is 1. The Morgan fingerprint density at radius 2 is 1.88 bits per heavy atom. The Morgan fingerprint density at radius 3 is 2.56 bits per heavy atom. The van der Waals surface area contributed by atoms with Gasteiger partial charge in [-0.15, -0.1) is 0 Å². The number of hydrogen-bond donors (Lipinski definition) is 2. The fourth-order valence-corrected chi connectivity index (χ4v) is 3.98. The Balaban J connectivity index is 1.65. The molecular weight excluding hydrogens is 404 g/mol. The van der Waals surface area contributed by atoms with E-state index in [1.165, 1.54) is 5.56 Å². The van der Waals surface area contributed by atoms with Crippen LogP contribution in [0, 0.1) is 5.41 Å². The Morgan fingerprint density at radius 1 is 1.09 bits per heavy atom. The minimum atomic E-state index is 0.164. The molecule has 0 spiro atoms. The summed E-state index contributed by atoms with van der Waals surface area (Å²) >= 11 is 0. The van der Waals surface area contributed by atoms with Gasteiger partial charge in [0.1, 0.15) is 17.3 Å². The highest BCUT2D eigenvalue weighted by Crippen LogP contribution is 2.22. The number of ether oxygens (including phenoxy) is 3. The van der Waals surface area contributed by atoms with Gasteiger partial charge in [-0.2, -0.15) is 0 Å². The summed E-state index contributed by atoms with van der Waals surface area (Å²) < 4.78 is 16.1. The van der Waals surface area contributed by atoms with E-state index in [-0.39, 0.29) is 12.6 Å². The highest BCUT2D eigenvalue weighted by molar-refractivity contribution is 6.11. The number of likely N-dealkylation sites (tertiary alicyclic amines) is 1. The van der Waals surface area contributed by atoms with Crippen LogP contribution in [0.5, 0.6) is 11.5 Å². The predicted molar refractivity (Wildman–Crippen MR) is 128 cm³/mol. The molecule has 0 saturated carbocycles. The lowest BCUT2D eigenvalue weighted by atomic mass is 10.0. The van der Waals surface area contributed by atoms with Gasteiger partial charge in [-0.1, -0.05) is 12.1 Å². The van der Waals surface area contributed by atoms with E-state index in [0.717, 1.165) is 49.4 Å². The van der Waals surface area contributed by atoms with Crippen molar-refractivity contribution in [3.63, 3.8) is 0 Å². The van der Waals surface area contributed by atoms with Crippen molar-refractivity contribution in [1.29, 1.82) is 5.41 Å². The highest BCUT2D eigenvalue weighted by Gasteiger charge is 2.20. The summed E-state index contributed by atoms with van der Waals surface area (Å²) in [5, 5.41) is 8.29. The van der Waals surface area contributed by atoms with Gasteiger partial charge in [0.2, 0.25) is 0 Å². The van der Waals surface area contributed by atoms with Gasteiger partial charge in [-0.25, -0.2) is 0 Å². The van der Waals surface area contributed by atoms with E-state index in [9.17, 15) is 0 Å². The maximum atomic E-state index is 8.29. The van der Waals surface area contributed by atoms with Crippen LogP contribution in [0.1, 0.15) is 36.5 Å². The van der Waals surface area contributed by atoms with Crippen molar-refractivity contribution in [3.8, 4) is 11.5 Å². The van der Waals surface area contributed by atoms with E-state index in [1.807, 2.05) is 37.3 Å². The van der Waals surface area contributed by atoms with Crippen LogP contribution in [0.3, 0.4) is 0 Å². The van der Waals surface area contributed by atoms with E-state index >= 15 is 0 Å². The minimum absolute atomic E-state index is 0.164. The molecule has 0 radical (unpaired) electrons. The SMILES string of the molecule is CCOc1cccc(CN2CCC(N=C(N)c3cc(OC)ccc3C(=N)COC)CC2)c1. The third-order valence-corrected chi connectivity index (χ3v) is 5.61. The largest absolute Gasteiger partial charge is 0.497 e. The monoisotopic (exact) mass is 438 g/mol. The van der Waals surface area contributed by atoms with Crippen LogP contribution >= 0.6 is 0 Å². The van der Waals surface area contributed by atoms with Crippen molar-refractivity contribution in [3.05, 3.63) is 59.2 Å². The first-order chi connectivity index (χ1) is 15.5. The van der Waals surface area contributed by atoms with E-state index in [2.05, 4.69) is 17.0 Å². The summed E-state index contributed by atoms with van der Waals surface area (Å²) in [5.74, 6) is 2.06. The summed E-state index contributed by atoms with van der Waals surface area (Å²) in [6.07, 6.45) is 1.89. The van der Waals surface area contributed by atoms with Gasteiger partial charge in [0, 0.05) is 37.9 Å². The maximum absolute atomic E-state index is 8.29. The second-order valence-electron chi connectivity index (χ2n) is 7.93. The summed E-state index contributed by atoms with van der Waals surface area (Å²) in [5.41, 5.74) is 9.49. The first kappa shape index (κ1) is 23.8. The summed E-state index contributed by atoms with van der Waals surface area (Å²) in [6, 6.07) is 14.0. The van der Waals surface area contributed by atoms with Crippen LogP contribution in [0.25, 0.3) is 0 Å². The lowest BCUT2D eigenvalue weighted by molar-refractivity contribution is 0.206. The van der Waals surface area contributed by atoms with Crippen molar-refractivity contribution in [1.82, 2.24) is 4.90 Å². The van der Waals surface area contributed by atoms with Gasteiger partial charge in [-0.05, 0) is 55.7 Å². The van der Waals surface area contributed by atoms with Crippen molar-refractivity contribution in [2.75, 3.05) is 40.5 Å². The molecular formula is C25H34N4O3. The molecule has 0 aliphatic carbocycles. The summed E-state index contributed by atoms with van der Waals surface area (Å²) in [7, 11) is 3.20. The number of methoxy groups -OCH3 is 2. The molecule has 0 bridgehead atoms. The van der Waals surface area contributed by atoms with Crippen LogP contribution in [0.2, 0.25) is 0 Å². The average molecular weight is 439 g/mol. The Hall–Kier alpha value is -2.90. The Bertz CT molecular complexity index is 937. The van der Waals surface area contributed by atoms with Crippen molar-refractivity contribution < 1.29 is 14.2 Å². The number of aliphatic imine (C=N–C) groups is 1. The Labute approximate surface area is 190 Å². The van der Waals surface area contributed by atoms with E-state index < -0.39 is 0 Å². The Kier molecular flexibility index (Phi) is 8.64. The van der Waals surface area contributed by atoms with Crippen LogP contribution in [0.4, 0.5) is 0 Å². The van der Waals surface area contributed by atoms with Gasteiger partial charge in [-0.3, -0.25) is 9.89 Å². The molecule has 1 aliphatic rings. The third kappa shape index (κ3) is 6.31. The van der Waals surface area contributed by atoms with E-state index in [1.54, 1.807) is 14.2 Å². The second-order valence-corrected chi connectivity index (χ2v) is 7.93. The van der Waals surface area contributed by atoms with Gasteiger partial charge in [0.15, 0.2) is 0 Å². The van der Waals surface area contributed by atoms with Crippen LogP contribution in [0.15, 0.2) is 47.5 Å². The zero-order chi connectivity index (χ0) is 22.9. The van der Waals surface area contributed by atoms with Crippen LogP contribution in [-0.4, -0.2) is 63.0 Å². The fourth-order valence-electron chi connectivity index (χ4n) is 3.98. The smallest absolute Gasteiger partial charge is 0.126 e. The summed E-state index contributed by atoms with van der Waals surface area (Å²) in [6.45, 7) is 5.72. The molecule has 0 atom stereocenters. The van der Waals surface area contributed by atoms with Crippen molar-refractivity contribution >= 4 is 11.5 Å². The van der Waals surface area contributed by atoms with Crippen molar-refractivity contribution in [2.24, 2.45) is 10.7 Å². The number of nitrogens with zero attached hydrogens (tertiary/aromatic N) is 2. The first-order valence-electron chi connectivity index (χ1n) is 11.1. The predicted octanol–water partition coefficient (Wildman–Crippen LogP) is 3.48.